The Kier molecular flexibility index (Phi) is 1.93. The maximum absolute atomic E-state index is 10.9. The van der Waals surface area contributed by atoms with Crippen LogP contribution in [0.15, 0.2) is 24.3 Å². The number of para-hydroxylation sites is 1. The van der Waals surface area contributed by atoms with E-state index in [-0.39, 0.29) is 17.6 Å². The monoisotopic (exact) mass is 177 g/mol. The largest absolute Gasteiger partial charge is 0.508 e. The molecule has 0 radical (unpaired) electrons. The predicted octanol–water partition coefficient (Wildman–Crippen LogP) is 0.996. The molecule has 1 aliphatic heterocycles. The van der Waals surface area contributed by atoms with E-state index in [1.807, 2.05) is 12.1 Å². The molecule has 1 amide bonds. The van der Waals surface area contributed by atoms with Crippen molar-refractivity contribution >= 4 is 5.91 Å². The molecule has 0 aliphatic carbocycles. The molecular formula is C10H11NO2. The Balaban J connectivity index is 2.26. The zero-order valence-electron chi connectivity index (χ0n) is 7.16. The lowest BCUT2D eigenvalue weighted by Gasteiger charge is -2.08. The van der Waals surface area contributed by atoms with Crippen LogP contribution in [0, 0.1) is 0 Å². The summed E-state index contributed by atoms with van der Waals surface area (Å²) in [7, 11) is 0. The Morgan fingerprint density at radius 1 is 1.38 bits per heavy atom. The molecule has 1 saturated heterocycles. The fraction of sp³-hybridized carbons (Fsp3) is 0.300. The molecule has 0 saturated carbocycles. The van der Waals surface area contributed by atoms with E-state index in [0.717, 1.165) is 5.56 Å². The number of aromatic hydroxyl groups is 1. The normalized spacial score (nSPS) is 21.5. The summed E-state index contributed by atoms with van der Waals surface area (Å²) in [5, 5.41) is 12.3. The first kappa shape index (κ1) is 8.10. The van der Waals surface area contributed by atoms with E-state index in [0.29, 0.717) is 13.0 Å². The van der Waals surface area contributed by atoms with Crippen molar-refractivity contribution in [2.24, 2.45) is 0 Å². The van der Waals surface area contributed by atoms with Crippen LogP contribution < -0.4 is 5.32 Å². The molecule has 1 aliphatic rings. The van der Waals surface area contributed by atoms with Crippen LogP contribution >= 0.6 is 0 Å². The molecule has 0 unspecified atom stereocenters. The van der Waals surface area contributed by atoms with Gasteiger partial charge in [-0.25, -0.2) is 0 Å². The standard InChI is InChI=1S/C10H11NO2/c12-9-4-2-1-3-8(9)7-5-10(13)11-6-7/h1-4,7,12H,5-6H2,(H,11,13)/t7-/m0/s1. The highest BCUT2D eigenvalue weighted by Gasteiger charge is 2.24. The van der Waals surface area contributed by atoms with Crippen molar-refractivity contribution in [3.8, 4) is 5.75 Å². The molecule has 1 aromatic carbocycles. The minimum Gasteiger partial charge on any atom is -0.508 e. The summed E-state index contributed by atoms with van der Waals surface area (Å²) in [6.45, 7) is 0.635. The molecule has 13 heavy (non-hydrogen) atoms. The third-order valence-corrected chi connectivity index (χ3v) is 2.35. The molecule has 1 heterocycles. The minimum absolute atomic E-state index is 0.0632. The summed E-state index contributed by atoms with van der Waals surface area (Å²) in [5.41, 5.74) is 0.862. The van der Waals surface area contributed by atoms with Crippen LogP contribution in [0.2, 0.25) is 0 Å². The molecule has 3 heteroatoms. The van der Waals surface area contributed by atoms with Crippen LogP contribution in [0.5, 0.6) is 5.75 Å². The van der Waals surface area contributed by atoms with Crippen LogP contribution in [0.25, 0.3) is 0 Å². The number of carbonyl (C=O) groups is 1. The summed E-state index contributed by atoms with van der Waals surface area (Å²) in [6, 6.07) is 7.17. The van der Waals surface area contributed by atoms with Gasteiger partial charge in [0.05, 0.1) is 0 Å². The Morgan fingerprint density at radius 2 is 2.15 bits per heavy atom. The van der Waals surface area contributed by atoms with Gasteiger partial charge in [-0.15, -0.1) is 0 Å². The van der Waals surface area contributed by atoms with Crippen LogP contribution in [-0.4, -0.2) is 17.6 Å². The number of phenolic OH excluding ortho intramolecular Hbond substituents is 1. The van der Waals surface area contributed by atoms with Crippen LogP contribution in [0.4, 0.5) is 0 Å². The zero-order chi connectivity index (χ0) is 9.26. The van der Waals surface area contributed by atoms with Gasteiger partial charge in [0.25, 0.3) is 0 Å². The fourth-order valence-corrected chi connectivity index (χ4v) is 1.66. The van der Waals surface area contributed by atoms with Crippen molar-refractivity contribution in [2.75, 3.05) is 6.54 Å². The number of phenols is 1. The van der Waals surface area contributed by atoms with Crippen molar-refractivity contribution in [1.29, 1.82) is 0 Å². The van der Waals surface area contributed by atoms with Gasteiger partial charge >= 0.3 is 0 Å². The van der Waals surface area contributed by atoms with Crippen molar-refractivity contribution in [2.45, 2.75) is 12.3 Å². The molecule has 2 N–H and O–H groups in total. The fourth-order valence-electron chi connectivity index (χ4n) is 1.66. The zero-order valence-corrected chi connectivity index (χ0v) is 7.16. The molecule has 68 valence electrons. The van der Waals surface area contributed by atoms with Crippen LogP contribution in [-0.2, 0) is 4.79 Å². The molecule has 1 atom stereocenters. The number of hydrogen-bond donors (Lipinski definition) is 2. The third-order valence-electron chi connectivity index (χ3n) is 2.35. The average molecular weight is 177 g/mol. The lowest BCUT2D eigenvalue weighted by Crippen LogP contribution is -2.13. The number of nitrogens with one attached hydrogen (secondary N) is 1. The SMILES string of the molecule is O=C1C[C@H](c2ccccc2O)CN1. The second kappa shape index (κ2) is 3.09. The van der Waals surface area contributed by atoms with Gasteiger partial charge in [0.2, 0.25) is 5.91 Å². The van der Waals surface area contributed by atoms with E-state index >= 15 is 0 Å². The molecule has 0 spiro atoms. The van der Waals surface area contributed by atoms with E-state index in [2.05, 4.69) is 5.32 Å². The van der Waals surface area contributed by atoms with Crippen molar-refractivity contribution in [3.05, 3.63) is 29.8 Å². The molecular weight excluding hydrogens is 166 g/mol. The lowest BCUT2D eigenvalue weighted by molar-refractivity contribution is -0.119. The summed E-state index contributed by atoms with van der Waals surface area (Å²) in [5.74, 6) is 0.478. The van der Waals surface area contributed by atoms with E-state index < -0.39 is 0 Å². The summed E-state index contributed by atoms with van der Waals surface area (Å²) >= 11 is 0. The minimum atomic E-state index is 0.0632. The lowest BCUT2D eigenvalue weighted by atomic mass is 9.97. The second-order valence-electron chi connectivity index (χ2n) is 3.26. The maximum atomic E-state index is 10.9. The van der Waals surface area contributed by atoms with E-state index in [1.165, 1.54) is 0 Å². The van der Waals surface area contributed by atoms with Gasteiger partial charge in [0, 0.05) is 18.9 Å². The quantitative estimate of drug-likeness (QED) is 0.672. The molecule has 2 rings (SSSR count). The highest BCUT2D eigenvalue weighted by Crippen LogP contribution is 2.29. The Hall–Kier alpha value is -1.51. The number of carbonyl (C=O) groups excluding carboxylic acids is 1. The van der Waals surface area contributed by atoms with Gasteiger partial charge in [0.15, 0.2) is 0 Å². The first-order valence-corrected chi connectivity index (χ1v) is 4.32. The Labute approximate surface area is 76.4 Å². The van der Waals surface area contributed by atoms with Gasteiger partial charge in [-0.05, 0) is 11.6 Å². The molecule has 1 fully saturated rings. The first-order valence-electron chi connectivity index (χ1n) is 4.32. The summed E-state index contributed by atoms with van der Waals surface area (Å²) in [4.78, 5) is 10.9. The van der Waals surface area contributed by atoms with Gasteiger partial charge in [-0.2, -0.15) is 0 Å². The third kappa shape index (κ3) is 1.49. The molecule has 0 aromatic heterocycles. The number of hydrogen-bond acceptors (Lipinski definition) is 2. The van der Waals surface area contributed by atoms with E-state index in [1.54, 1.807) is 12.1 Å². The van der Waals surface area contributed by atoms with Gasteiger partial charge in [-0.3, -0.25) is 4.79 Å². The molecule has 0 bridgehead atoms. The Morgan fingerprint density at radius 3 is 2.77 bits per heavy atom. The average Bonchev–Trinajstić information content (AvgIpc) is 2.53. The predicted molar refractivity (Wildman–Crippen MR) is 48.5 cm³/mol. The topological polar surface area (TPSA) is 49.3 Å². The highest BCUT2D eigenvalue weighted by atomic mass is 16.3. The number of benzene rings is 1. The van der Waals surface area contributed by atoms with Crippen molar-refractivity contribution in [3.63, 3.8) is 0 Å². The molecule has 1 aromatic rings. The summed E-state index contributed by atoms with van der Waals surface area (Å²) in [6.07, 6.45) is 0.484. The number of amides is 1. The number of rotatable bonds is 1. The van der Waals surface area contributed by atoms with Crippen LogP contribution in [0.1, 0.15) is 17.9 Å². The van der Waals surface area contributed by atoms with E-state index in [4.69, 9.17) is 0 Å². The van der Waals surface area contributed by atoms with Crippen molar-refractivity contribution in [1.82, 2.24) is 5.32 Å². The smallest absolute Gasteiger partial charge is 0.220 e. The second-order valence-corrected chi connectivity index (χ2v) is 3.26. The van der Waals surface area contributed by atoms with Gasteiger partial charge in [-0.1, -0.05) is 18.2 Å². The van der Waals surface area contributed by atoms with Crippen molar-refractivity contribution < 1.29 is 9.90 Å². The van der Waals surface area contributed by atoms with Gasteiger partial charge < -0.3 is 10.4 Å². The molecule has 3 nitrogen and oxygen atoms in total. The van der Waals surface area contributed by atoms with Gasteiger partial charge in [0.1, 0.15) is 5.75 Å². The Bertz CT molecular complexity index is 335. The van der Waals surface area contributed by atoms with Crippen LogP contribution in [0.3, 0.4) is 0 Å². The first-order chi connectivity index (χ1) is 6.27. The highest BCUT2D eigenvalue weighted by molar-refractivity contribution is 5.79. The summed E-state index contributed by atoms with van der Waals surface area (Å²) < 4.78 is 0. The maximum Gasteiger partial charge on any atom is 0.220 e. The van der Waals surface area contributed by atoms with E-state index in [9.17, 15) is 9.90 Å².